The zero-order valence-corrected chi connectivity index (χ0v) is 39.1. The SMILES string of the molecule is CCCCN1CCN(S(=O)(=O)C(C)c2ccc3c(c2)Cc2ccccc2S3)CC1.Cc1ccc(N2CCN(S(=O)(=O)C(C)c3ccc4c(c3)Cc3ccccc3S4)CC2)cc1. The van der Waals surface area contributed by atoms with E-state index in [0.29, 0.717) is 39.3 Å². The second-order valence-electron chi connectivity index (χ2n) is 16.7. The molecule has 2 atom stereocenters. The average molecular weight is 895 g/mol. The van der Waals surface area contributed by atoms with Crippen LogP contribution >= 0.6 is 23.5 Å². The predicted molar refractivity (Wildman–Crippen MR) is 252 cm³/mol. The molecule has 9 rings (SSSR count). The van der Waals surface area contributed by atoms with Crippen LogP contribution in [-0.2, 0) is 32.9 Å². The third-order valence-electron chi connectivity index (χ3n) is 12.7. The minimum atomic E-state index is -3.41. The molecule has 0 aromatic heterocycles. The third kappa shape index (κ3) is 9.81. The smallest absolute Gasteiger partial charge is 0.221 e. The van der Waals surface area contributed by atoms with Gasteiger partial charge in [-0.3, -0.25) is 0 Å². The molecule has 2 fully saturated rings. The Labute approximate surface area is 372 Å². The van der Waals surface area contributed by atoms with E-state index in [-0.39, 0.29) is 0 Å². The molecule has 2 saturated heterocycles. The van der Waals surface area contributed by atoms with Gasteiger partial charge in [0.15, 0.2) is 0 Å². The van der Waals surface area contributed by atoms with E-state index >= 15 is 0 Å². The summed E-state index contributed by atoms with van der Waals surface area (Å²) in [6.07, 6.45) is 4.08. The van der Waals surface area contributed by atoms with Gasteiger partial charge in [0.2, 0.25) is 20.0 Å². The molecular weight excluding hydrogens is 837 g/mol. The first-order valence-electron chi connectivity index (χ1n) is 21.7. The van der Waals surface area contributed by atoms with Gasteiger partial charge in [0, 0.05) is 77.6 Å². The lowest BCUT2D eigenvalue weighted by molar-refractivity contribution is 0.185. The van der Waals surface area contributed by atoms with Crippen LogP contribution in [0.25, 0.3) is 0 Å². The monoisotopic (exact) mass is 894 g/mol. The van der Waals surface area contributed by atoms with E-state index in [1.54, 1.807) is 32.1 Å². The van der Waals surface area contributed by atoms with Crippen LogP contribution in [0.5, 0.6) is 0 Å². The quantitative estimate of drug-likeness (QED) is 0.134. The maximum atomic E-state index is 13.4. The highest BCUT2D eigenvalue weighted by molar-refractivity contribution is 7.99. The summed E-state index contributed by atoms with van der Waals surface area (Å²) >= 11 is 3.55. The standard InChI is InChI=1S/C26H28N2O2S2.C23H30N2O2S2/c1-19-7-10-24(11-8-19)27-13-15-28(16-14-27)32(29,30)20(2)21-9-12-26-23(17-21)18-22-5-3-4-6-25(22)31-26;1-3-4-11-24-12-14-25(15-13-24)29(26,27)18(2)19-9-10-23-21(16-19)17-20-7-5-6-8-22(20)28-23/h3-12,17,20H,13-16,18H2,1-2H3;5-10,16,18H,3-4,11-15,17H2,1-2H3. The zero-order chi connectivity index (χ0) is 42.7. The van der Waals surface area contributed by atoms with Crippen molar-refractivity contribution in [3.05, 3.63) is 148 Å². The number of hydrogen-bond acceptors (Lipinski definition) is 8. The van der Waals surface area contributed by atoms with Crippen LogP contribution in [0.2, 0.25) is 0 Å². The van der Waals surface area contributed by atoms with Crippen molar-refractivity contribution in [1.29, 1.82) is 0 Å². The Kier molecular flexibility index (Phi) is 13.7. The van der Waals surface area contributed by atoms with E-state index in [4.69, 9.17) is 0 Å². The molecule has 0 N–H and O–H groups in total. The van der Waals surface area contributed by atoms with Crippen molar-refractivity contribution in [3.63, 3.8) is 0 Å². The van der Waals surface area contributed by atoms with Crippen LogP contribution in [0, 0.1) is 6.92 Å². The molecule has 0 bridgehead atoms. The van der Waals surface area contributed by atoms with Crippen molar-refractivity contribution in [1.82, 2.24) is 13.5 Å². The molecule has 4 heterocycles. The largest absolute Gasteiger partial charge is 0.369 e. The van der Waals surface area contributed by atoms with Crippen molar-refractivity contribution in [2.75, 3.05) is 63.8 Å². The van der Waals surface area contributed by atoms with Gasteiger partial charge in [-0.2, -0.15) is 8.61 Å². The Morgan fingerprint density at radius 3 is 1.46 bits per heavy atom. The molecule has 0 spiro atoms. The lowest BCUT2D eigenvalue weighted by Crippen LogP contribution is -2.49. The average Bonchev–Trinajstić information content (AvgIpc) is 3.29. The first kappa shape index (κ1) is 44.0. The highest BCUT2D eigenvalue weighted by Crippen LogP contribution is 2.42. The van der Waals surface area contributed by atoms with Gasteiger partial charge in [-0.15, -0.1) is 0 Å². The fraction of sp³-hybridized carbons (Fsp3) is 0.388. The molecule has 4 aliphatic rings. The molecule has 5 aromatic carbocycles. The molecule has 322 valence electrons. The molecule has 0 radical (unpaired) electrons. The van der Waals surface area contributed by atoms with E-state index in [1.165, 1.54) is 60.2 Å². The number of sulfonamides is 2. The van der Waals surface area contributed by atoms with Gasteiger partial charge in [0.25, 0.3) is 0 Å². The second-order valence-corrected chi connectivity index (χ2v) is 23.4. The predicted octanol–water partition coefficient (Wildman–Crippen LogP) is 9.81. The number of aryl methyl sites for hydroxylation is 1. The van der Waals surface area contributed by atoms with Crippen LogP contribution in [0.1, 0.15) is 83.1 Å². The zero-order valence-electron chi connectivity index (χ0n) is 35.8. The number of fused-ring (bicyclic) bond motifs is 4. The molecule has 0 saturated carbocycles. The summed E-state index contributed by atoms with van der Waals surface area (Å²) in [4.78, 5) is 9.71. The van der Waals surface area contributed by atoms with E-state index in [2.05, 4.69) is 121 Å². The summed E-state index contributed by atoms with van der Waals surface area (Å²) in [6.45, 7) is 14.4. The first-order valence-corrected chi connectivity index (χ1v) is 26.3. The molecule has 0 amide bonds. The van der Waals surface area contributed by atoms with Gasteiger partial charge in [-0.05, 0) is 116 Å². The van der Waals surface area contributed by atoms with Gasteiger partial charge < -0.3 is 9.80 Å². The van der Waals surface area contributed by atoms with Gasteiger partial charge in [0.05, 0.1) is 10.5 Å². The molecule has 8 nitrogen and oxygen atoms in total. The topological polar surface area (TPSA) is 81.2 Å². The number of unbranched alkanes of at least 4 members (excludes halogenated alkanes) is 1. The van der Waals surface area contributed by atoms with E-state index < -0.39 is 30.5 Å². The number of rotatable bonds is 10. The van der Waals surface area contributed by atoms with Gasteiger partial charge >= 0.3 is 0 Å². The van der Waals surface area contributed by atoms with Gasteiger partial charge in [-0.25, -0.2) is 16.8 Å². The van der Waals surface area contributed by atoms with Crippen LogP contribution in [0.3, 0.4) is 0 Å². The van der Waals surface area contributed by atoms with Crippen molar-refractivity contribution >= 4 is 49.3 Å². The Balaban J connectivity index is 0.000000169. The van der Waals surface area contributed by atoms with Crippen LogP contribution < -0.4 is 4.90 Å². The minimum absolute atomic E-state index is 0.517. The number of anilines is 1. The summed E-state index contributed by atoms with van der Waals surface area (Å²) in [5, 5.41) is -1.07. The van der Waals surface area contributed by atoms with Crippen molar-refractivity contribution < 1.29 is 16.8 Å². The van der Waals surface area contributed by atoms with Crippen molar-refractivity contribution in [2.24, 2.45) is 0 Å². The van der Waals surface area contributed by atoms with Gasteiger partial charge in [-0.1, -0.05) is 115 Å². The molecule has 61 heavy (non-hydrogen) atoms. The Bertz CT molecular complexity index is 2550. The lowest BCUT2D eigenvalue weighted by Gasteiger charge is -2.36. The Morgan fingerprint density at radius 2 is 0.984 bits per heavy atom. The molecule has 0 aliphatic carbocycles. The molecule has 2 unspecified atom stereocenters. The van der Waals surface area contributed by atoms with Crippen molar-refractivity contribution in [3.8, 4) is 0 Å². The van der Waals surface area contributed by atoms with Crippen LogP contribution in [-0.4, -0.2) is 89.2 Å². The molecular formula is C49H58N4O4S4. The highest BCUT2D eigenvalue weighted by atomic mass is 32.2. The molecule has 4 aliphatic heterocycles. The van der Waals surface area contributed by atoms with Crippen LogP contribution in [0.15, 0.2) is 129 Å². The number of hydrogen-bond donors (Lipinski definition) is 0. The third-order valence-corrected chi connectivity index (χ3v) is 19.6. The van der Waals surface area contributed by atoms with E-state index in [0.717, 1.165) is 49.3 Å². The van der Waals surface area contributed by atoms with E-state index in [1.807, 2.05) is 26.0 Å². The number of benzene rings is 5. The lowest BCUT2D eigenvalue weighted by atomic mass is 10.0. The summed E-state index contributed by atoms with van der Waals surface area (Å²) in [7, 11) is -6.76. The maximum Gasteiger partial charge on any atom is 0.221 e. The van der Waals surface area contributed by atoms with Gasteiger partial charge in [0.1, 0.15) is 0 Å². The summed E-state index contributed by atoms with van der Waals surface area (Å²) in [5.41, 5.74) is 9.26. The highest BCUT2D eigenvalue weighted by Gasteiger charge is 2.35. The minimum Gasteiger partial charge on any atom is -0.369 e. The van der Waals surface area contributed by atoms with E-state index in [9.17, 15) is 16.8 Å². The fourth-order valence-corrected chi connectivity index (χ4v) is 14.0. The second kappa shape index (κ2) is 19.0. The van der Waals surface area contributed by atoms with Crippen LogP contribution in [0.4, 0.5) is 5.69 Å². The first-order chi connectivity index (χ1) is 29.4. The van der Waals surface area contributed by atoms with Crippen molar-refractivity contribution in [2.45, 2.75) is 83.5 Å². The summed E-state index contributed by atoms with van der Waals surface area (Å²) in [6, 6.07) is 37.7. The maximum absolute atomic E-state index is 13.4. The Hall–Kier alpha value is -3.62. The summed E-state index contributed by atoms with van der Waals surface area (Å²) < 4.78 is 56.8. The molecule has 12 heteroatoms. The fourth-order valence-electron chi connectivity index (χ4n) is 8.66. The summed E-state index contributed by atoms with van der Waals surface area (Å²) in [5.74, 6) is 0. The normalized spacial score (nSPS) is 18.1. The number of piperazine rings is 2. The molecule has 5 aromatic rings. The number of nitrogens with zero attached hydrogens (tertiary/aromatic N) is 4. The Morgan fingerprint density at radius 1 is 0.541 bits per heavy atom.